The van der Waals surface area contributed by atoms with Gasteiger partial charge in [-0.05, 0) is 61.0 Å². The van der Waals surface area contributed by atoms with Crippen LogP contribution >= 0.6 is 15.9 Å². The normalized spacial score (nSPS) is 10.7. The fraction of sp³-hybridized carbons (Fsp3) is 0.0870. The van der Waals surface area contributed by atoms with E-state index in [0.29, 0.717) is 23.4 Å². The lowest BCUT2D eigenvalue weighted by atomic mass is 10.0. The van der Waals surface area contributed by atoms with Gasteiger partial charge in [0.1, 0.15) is 11.6 Å². The number of anilines is 1. The first kappa shape index (κ1) is 19.8. The molecule has 0 radical (unpaired) electrons. The van der Waals surface area contributed by atoms with Gasteiger partial charge in [0.15, 0.2) is 5.69 Å². The van der Waals surface area contributed by atoms with Crippen LogP contribution in [0.25, 0.3) is 28.2 Å². The van der Waals surface area contributed by atoms with Gasteiger partial charge in [-0.3, -0.25) is 9.78 Å². The van der Waals surface area contributed by atoms with Crippen LogP contribution in [0.1, 0.15) is 6.92 Å². The van der Waals surface area contributed by atoms with Crippen molar-refractivity contribution >= 4 is 21.7 Å². The topological polar surface area (TPSA) is 83.0 Å². The molecule has 0 aliphatic rings. The Hall–Kier alpha value is -3.45. The summed E-state index contributed by atoms with van der Waals surface area (Å²) in [6.07, 6.45) is 1.63. The highest BCUT2D eigenvalue weighted by molar-refractivity contribution is 9.10. The zero-order chi connectivity index (χ0) is 21.1. The highest BCUT2D eigenvalue weighted by Gasteiger charge is 2.19. The third-order valence-electron chi connectivity index (χ3n) is 4.56. The lowest BCUT2D eigenvalue weighted by molar-refractivity contribution is 0.340. The molecule has 4 rings (SSSR count). The summed E-state index contributed by atoms with van der Waals surface area (Å²) in [6.45, 7) is 2.49. The summed E-state index contributed by atoms with van der Waals surface area (Å²) in [4.78, 5) is 17.7. The molecule has 7 heteroatoms. The number of nitrogens with zero attached hydrogens (tertiary/aromatic N) is 3. The zero-order valence-corrected chi connectivity index (χ0v) is 17.8. The van der Waals surface area contributed by atoms with Crippen molar-refractivity contribution in [2.24, 2.45) is 0 Å². The van der Waals surface area contributed by atoms with Gasteiger partial charge in [0, 0.05) is 10.7 Å². The standard InChI is InChI=1S/C23H19BrN4O2/c1-2-30-18-12-6-15(7-13-18)20-22(29)21(19-5-3-4-14-26-19)27-28(23(20)25)17-10-8-16(24)9-11-17/h3-14H,2,25H2,1H3. The molecular weight excluding hydrogens is 444 g/mol. The zero-order valence-electron chi connectivity index (χ0n) is 16.2. The molecule has 4 aromatic rings. The van der Waals surface area contributed by atoms with Crippen LogP contribution in [0.3, 0.4) is 0 Å². The lowest BCUT2D eigenvalue weighted by Crippen LogP contribution is -2.21. The largest absolute Gasteiger partial charge is 0.494 e. The van der Waals surface area contributed by atoms with E-state index in [1.807, 2.05) is 61.5 Å². The van der Waals surface area contributed by atoms with Gasteiger partial charge in [-0.1, -0.05) is 34.1 Å². The predicted molar refractivity (Wildman–Crippen MR) is 122 cm³/mol. The quantitative estimate of drug-likeness (QED) is 0.464. The smallest absolute Gasteiger partial charge is 0.219 e. The molecule has 0 saturated heterocycles. The fourth-order valence-corrected chi connectivity index (χ4v) is 3.42. The average Bonchev–Trinajstić information content (AvgIpc) is 2.77. The summed E-state index contributed by atoms with van der Waals surface area (Å²) < 4.78 is 8.02. The van der Waals surface area contributed by atoms with Crippen LogP contribution in [0.15, 0.2) is 82.2 Å². The molecule has 0 bridgehead atoms. The highest BCUT2D eigenvalue weighted by Crippen LogP contribution is 2.28. The first-order chi connectivity index (χ1) is 14.6. The van der Waals surface area contributed by atoms with E-state index in [-0.39, 0.29) is 16.9 Å². The molecule has 0 aliphatic carbocycles. The average molecular weight is 463 g/mol. The number of nitrogen functional groups attached to an aromatic ring is 1. The van der Waals surface area contributed by atoms with Crippen molar-refractivity contribution in [2.45, 2.75) is 6.92 Å². The molecule has 6 nitrogen and oxygen atoms in total. The minimum absolute atomic E-state index is 0.233. The van der Waals surface area contributed by atoms with Gasteiger partial charge in [0.05, 0.1) is 23.6 Å². The number of hydrogen-bond donors (Lipinski definition) is 1. The molecule has 2 aromatic heterocycles. The minimum atomic E-state index is -0.274. The van der Waals surface area contributed by atoms with Crippen LogP contribution in [-0.4, -0.2) is 21.4 Å². The van der Waals surface area contributed by atoms with E-state index in [4.69, 9.17) is 10.5 Å². The van der Waals surface area contributed by atoms with Crippen LogP contribution in [0.4, 0.5) is 5.82 Å². The molecule has 0 atom stereocenters. The predicted octanol–water partition coefficient (Wildman–Crippen LogP) is 4.70. The molecule has 2 heterocycles. The summed E-state index contributed by atoms with van der Waals surface area (Å²) in [7, 11) is 0. The number of pyridine rings is 1. The van der Waals surface area contributed by atoms with E-state index in [1.165, 1.54) is 0 Å². The molecule has 0 fully saturated rings. The van der Waals surface area contributed by atoms with Crippen LogP contribution in [0, 0.1) is 0 Å². The molecule has 0 amide bonds. The second-order valence-electron chi connectivity index (χ2n) is 6.50. The van der Waals surface area contributed by atoms with Crippen molar-refractivity contribution in [2.75, 3.05) is 12.3 Å². The van der Waals surface area contributed by atoms with Gasteiger partial charge >= 0.3 is 0 Å². The Morgan fingerprint density at radius 1 is 1.03 bits per heavy atom. The Balaban J connectivity index is 1.97. The SMILES string of the molecule is CCOc1ccc(-c2c(N)n(-c3ccc(Br)cc3)nc(-c3ccccn3)c2=O)cc1. The highest BCUT2D eigenvalue weighted by atomic mass is 79.9. The van der Waals surface area contributed by atoms with Crippen LogP contribution in [0.5, 0.6) is 5.75 Å². The summed E-state index contributed by atoms with van der Waals surface area (Å²) in [5.74, 6) is 0.984. The molecular formula is C23H19BrN4O2. The first-order valence-electron chi connectivity index (χ1n) is 9.42. The molecule has 0 saturated carbocycles. The fourth-order valence-electron chi connectivity index (χ4n) is 3.15. The van der Waals surface area contributed by atoms with E-state index >= 15 is 0 Å². The van der Waals surface area contributed by atoms with Crippen molar-refractivity contribution < 1.29 is 4.74 Å². The Labute approximate surface area is 182 Å². The number of halogens is 1. The van der Waals surface area contributed by atoms with Gasteiger partial charge in [-0.25, -0.2) is 4.68 Å². The van der Waals surface area contributed by atoms with Crippen LogP contribution < -0.4 is 15.9 Å². The Kier molecular flexibility index (Phi) is 5.63. The number of aromatic nitrogens is 3. The first-order valence-corrected chi connectivity index (χ1v) is 10.2. The molecule has 30 heavy (non-hydrogen) atoms. The summed E-state index contributed by atoms with van der Waals surface area (Å²) in [5, 5.41) is 4.55. The maximum atomic E-state index is 13.4. The van der Waals surface area contributed by atoms with Gasteiger partial charge in [0.25, 0.3) is 0 Å². The molecule has 0 spiro atoms. The van der Waals surface area contributed by atoms with Gasteiger partial charge in [-0.15, -0.1) is 0 Å². The molecule has 2 aromatic carbocycles. The summed E-state index contributed by atoms with van der Waals surface area (Å²) >= 11 is 3.44. The van der Waals surface area contributed by atoms with Crippen LogP contribution in [0.2, 0.25) is 0 Å². The Bertz CT molecular complexity index is 1220. The Morgan fingerprint density at radius 2 is 1.77 bits per heavy atom. The van der Waals surface area contributed by atoms with E-state index in [1.54, 1.807) is 23.0 Å². The van der Waals surface area contributed by atoms with Crippen molar-refractivity contribution in [3.8, 4) is 34.0 Å². The van der Waals surface area contributed by atoms with Gasteiger partial charge < -0.3 is 10.5 Å². The monoisotopic (exact) mass is 462 g/mol. The van der Waals surface area contributed by atoms with Crippen molar-refractivity contribution in [1.82, 2.24) is 14.8 Å². The van der Waals surface area contributed by atoms with Crippen LogP contribution in [-0.2, 0) is 0 Å². The second kappa shape index (κ2) is 8.51. The third-order valence-corrected chi connectivity index (χ3v) is 5.09. The maximum absolute atomic E-state index is 13.4. The van der Waals surface area contributed by atoms with Gasteiger partial charge in [-0.2, -0.15) is 5.10 Å². The molecule has 150 valence electrons. The van der Waals surface area contributed by atoms with Gasteiger partial charge in [0.2, 0.25) is 5.43 Å². The second-order valence-corrected chi connectivity index (χ2v) is 7.41. The lowest BCUT2D eigenvalue weighted by Gasteiger charge is -2.15. The number of hydrogen-bond acceptors (Lipinski definition) is 5. The maximum Gasteiger partial charge on any atom is 0.219 e. The van der Waals surface area contributed by atoms with Crippen molar-refractivity contribution in [1.29, 1.82) is 0 Å². The molecule has 0 aliphatic heterocycles. The minimum Gasteiger partial charge on any atom is -0.494 e. The van der Waals surface area contributed by atoms with E-state index in [0.717, 1.165) is 15.9 Å². The third kappa shape index (κ3) is 3.84. The number of nitrogens with two attached hydrogens (primary N) is 1. The van der Waals surface area contributed by atoms with E-state index < -0.39 is 0 Å². The summed E-state index contributed by atoms with van der Waals surface area (Å²) in [5.41, 5.74) is 8.71. The number of benzene rings is 2. The van der Waals surface area contributed by atoms with Crippen molar-refractivity contribution in [3.05, 3.63) is 87.6 Å². The van der Waals surface area contributed by atoms with E-state index in [9.17, 15) is 4.79 Å². The number of ether oxygens (including phenoxy) is 1. The molecule has 0 unspecified atom stereocenters. The molecule has 2 N–H and O–H groups in total. The van der Waals surface area contributed by atoms with E-state index in [2.05, 4.69) is 26.0 Å². The Morgan fingerprint density at radius 3 is 2.40 bits per heavy atom. The van der Waals surface area contributed by atoms with Crippen molar-refractivity contribution in [3.63, 3.8) is 0 Å². The summed E-state index contributed by atoms with van der Waals surface area (Å²) in [6, 6.07) is 20.2. The number of rotatable bonds is 5.